The molecule has 7 heteroatoms. The molecule has 6 nitrogen and oxygen atoms in total. The van der Waals surface area contributed by atoms with Gasteiger partial charge in [-0.1, -0.05) is 272 Å². The van der Waals surface area contributed by atoms with Crippen LogP contribution in [-0.4, -0.2) is 20.2 Å². The summed E-state index contributed by atoms with van der Waals surface area (Å²) in [4.78, 5) is 10.5. The second-order valence-corrected chi connectivity index (χ2v) is 24.9. The average Bonchev–Trinajstić information content (AvgIpc) is 1.58. The molecule has 424 valence electrons. The molecule has 2 aliphatic heterocycles. The second kappa shape index (κ2) is 19.9. The van der Waals surface area contributed by atoms with E-state index in [0.29, 0.717) is 5.82 Å². The van der Waals surface area contributed by atoms with E-state index < -0.39 is 10.8 Å². The number of hydrogen-bond donors (Lipinski definition) is 0. The van der Waals surface area contributed by atoms with Gasteiger partial charge in [-0.2, -0.15) is 0 Å². The number of nitrogens with zero attached hydrogens (tertiary/aromatic N) is 4. The summed E-state index contributed by atoms with van der Waals surface area (Å²) in [5.41, 5.74) is 26.0. The van der Waals surface area contributed by atoms with Crippen molar-refractivity contribution in [2.24, 2.45) is 0 Å². The Morgan fingerprint density at radius 3 is 1.18 bits per heavy atom. The van der Waals surface area contributed by atoms with Gasteiger partial charge < -0.3 is 9.47 Å². The zero-order chi connectivity index (χ0) is 59.8. The summed E-state index contributed by atoms with van der Waals surface area (Å²) in [6, 6.07) is 109. The topological polar surface area (TPSA) is 70.0 Å². The van der Waals surface area contributed by atoms with E-state index in [4.69, 9.17) is 29.6 Å². The molecule has 0 atom stereocenters. The van der Waals surface area contributed by atoms with E-state index in [1.807, 2.05) is 6.07 Å². The molecule has 0 fully saturated rings. The SMILES string of the molecule is c1cc(-c2ccc3c(c2)Oc2ccccc2C32c3ccccc3-c3ccccc32)cc(-c2nc(-c3ccc(-c4cccc(-c5nnc(-c6ccc(-c7ccc8c(c7)Oc7ccccc7C87c8ccccc8-c8ccccc87)cc6)s5)c4)cc3)c3ccccc3n2)c1. The molecular formula is C84H50N4O2S. The number of rotatable bonds is 7. The Balaban J connectivity index is 0.593. The van der Waals surface area contributed by atoms with E-state index >= 15 is 0 Å². The lowest BCUT2D eigenvalue weighted by molar-refractivity contribution is 0.436. The molecule has 0 radical (unpaired) electrons. The van der Waals surface area contributed by atoms with Crippen molar-refractivity contribution in [3.8, 4) is 122 Å². The van der Waals surface area contributed by atoms with Gasteiger partial charge in [0.2, 0.25) is 0 Å². The molecule has 2 aliphatic carbocycles. The normalized spacial score (nSPS) is 13.6. The number of hydrogen-bond acceptors (Lipinski definition) is 7. The van der Waals surface area contributed by atoms with Crippen LogP contribution in [0.4, 0.5) is 0 Å². The van der Waals surface area contributed by atoms with E-state index in [2.05, 4.69) is 297 Å². The Bertz CT molecular complexity index is 5420. The molecule has 0 saturated heterocycles. The summed E-state index contributed by atoms with van der Waals surface area (Å²) in [5, 5.41) is 12.2. The molecule has 4 aliphatic rings. The fourth-order valence-corrected chi connectivity index (χ4v) is 16.1. The highest BCUT2D eigenvalue weighted by molar-refractivity contribution is 7.17. The molecule has 0 amide bonds. The lowest BCUT2D eigenvalue weighted by Crippen LogP contribution is -2.32. The van der Waals surface area contributed by atoms with Gasteiger partial charge in [0.15, 0.2) is 5.82 Å². The number of aromatic nitrogens is 4. The first-order chi connectivity index (χ1) is 45.1. The van der Waals surface area contributed by atoms with Crippen LogP contribution in [0, 0.1) is 0 Å². The number of para-hydroxylation sites is 3. The number of ether oxygens (including phenoxy) is 2. The minimum Gasteiger partial charge on any atom is -0.457 e. The maximum Gasteiger partial charge on any atom is 0.160 e. The highest BCUT2D eigenvalue weighted by Gasteiger charge is 2.52. The van der Waals surface area contributed by atoms with Crippen LogP contribution in [0.15, 0.2) is 303 Å². The minimum atomic E-state index is -0.516. The van der Waals surface area contributed by atoms with Crippen LogP contribution in [-0.2, 0) is 10.8 Å². The van der Waals surface area contributed by atoms with Gasteiger partial charge in [-0.15, -0.1) is 10.2 Å². The van der Waals surface area contributed by atoms with Crippen LogP contribution in [0.1, 0.15) is 44.5 Å². The molecule has 0 saturated carbocycles. The smallest absolute Gasteiger partial charge is 0.160 e. The second-order valence-electron chi connectivity index (χ2n) is 23.9. The van der Waals surface area contributed by atoms with Crippen LogP contribution in [0.2, 0.25) is 0 Å². The standard InChI is InChI=1S/C84H50N4O2S/c1-6-26-66-61(21-1)62-22-2-7-27-67(62)83(66)70-30-10-13-33-75(70)89-77-49-57(43-45-72(77)83)52-37-41-54(42-38-52)81-87-88-82(91-81)60-20-16-17-55(48-60)51-35-39-53(40-36-51)79-65-25-5-12-32-74(65)85-80(86-79)59-19-15-18-56(47-59)58-44-46-73-78(50-58)90-76-34-14-11-31-71(76)84(73)68-28-8-3-23-63(68)64-24-4-9-29-69(64)84/h1-50H. The van der Waals surface area contributed by atoms with Crippen molar-refractivity contribution in [1.82, 2.24) is 20.2 Å². The monoisotopic (exact) mass is 1180 g/mol. The van der Waals surface area contributed by atoms with Crippen molar-refractivity contribution in [3.63, 3.8) is 0 Å². The molecule has 2 aromatic heterocycles. The quantitative estimate of drug-likeness (QED) is 0.158. The van der Waals surface area contributed by atoms with Crippen molar-refractivity contribution >= 4 is 22.2 Å². The van der Waals surface area contributed by atoms with Gasteiger partial charge in [-0.25, -0.2) is 9.97 Å². The van der Waals surface area contributed by atoms with Crippen molar-refractivity contribution in [2.75, 3.05) is 0 Å². The highest BCUT2D eigenvalue weighted by Crippen LogP contribution is 2.64. The third-order valence-electron chi connectivity index (χ3n) is 19.2. The molecule has 15 aromatic rings. The fraction of sp³-hybridized carbons (Fsp3) is 0.0238. The summed E-state index contributed by atoms with van der Waals surface area (Å²) >= 11 is 1.60. The van der Waals surface area contributed by atoms with Gasteiger partial charge >= 0.3 is 0 Å². The van der Waals surface area contributed by atoms with Crippen LogP contribution >= 0.6 is 11.3 Å². The Labute approximate surface area is 529 Å². The molecular weight excluding hydrogens is 1130 g/mol. The van der Waals surface area contributed by atoms with Gasteiger partial charge in [-0.3, -0.25) is 0 Å². The Morgan fingerprint density at radius 2 is 0.626 bits per heavy atom. The largest absolute Gasteiger partial charge is 0.457 e. The fourth-order valence-electron chi connectivity index (χ4n) is 15.3. The van der Waals surface area contributed by atoms with Crippen molar-refractivity contribution in [2.45, 2.75) is 10.8 Å². The maximum atomic E-state index is 6.88. The van der Waals surface area contributed by atoms with E-state index in [1.165, 1.54) is 50.1 Å². The predicted molar refractivity (Wildman–Crippen MR) is 366 cm³/mol. The summed E-state index contributed by atoms with van der Waals surface area (Å²) in [6.45, 7) is 0. The molecule has 91 heavy (non-hydrogen) atoms. The van der Waals surface area contributed by atoms with Gasteiger partial charge in [-0.05, 0) is 120 Å². The van der Waals surface area contributed by atoms with E-state index in [0.717, 1.165) is 122 Å². The molecule has 2 spiro atoms. The summed E-state index contributed by atoms with van der Waals surface area (Å²) in [7, 11) is 0. The van der Waals surface area contributed by atoms with Gasteiger partial charge in [0.05, 0.1) is 22.0 Å². The van der Waals surface area contributed by atoms with Crippen LogP contribution in [0.3, 0.4) is 0 Å². The molecule has 13 aromatic carbocycles. The Kier molecular flexibility index (Phi) is 11.3. The van der Waals surface area contributed by atoms with Gasteiger partial charge in [0, 0.05) is 49.9 Å². The predicted octanol–water partition coefficient (Wildman–Crippen LogP) is 21.1. The molecule has 19 rings (SSSR count). The summed E-state index contributed by atoms with van der Waals surface area (Å²) in [5.74, 6) is 4.13. The first kappa shape index (κ1) is 51.4. The first-order valence-corrected chi connectivity index (χ1v) is 31.6. The summed E-state index contributed by atoms with van der Waals surface area (Å²) < 4.78 is 13.7. The molecule has 0 bridgehead atoms. The van der Waals surface area contributed by atoms with Crippen LogP contribution in [0.5, 0.6) is 23.0 Å². The average molecular weight is 1180 g/mol. The first-order valence-electron chi connectivity index (χ1n) is 30.8. The maximum absolute atomic E-state index is 6.88. The van der Waals surface area contributed by atoms with Crippen LogP contribution < -0.4 is 9.47 Å². The van der Waals surface area contributed by atoms with Crippen molar-refractivity contribution in [3.05, 3.63) is 348 Å². The van der Waals surface area contributed by atoms with Gasteiger partial charge in [0.1, 0.15) is 33.0 Å². The molecule has 0 unspecified atom stereocenters. The zero-order valence-electron chi connectivity index (χ0n) is 48.9. The van der Waals surface area contributed by atoms with E-state index in [1.54, 1.807) is 11.3 Å². The third-order valence-corrected chi connectivity index (χ3v) is 20.3. The number of fused-ring (bicyclic) bond motifs is 19. The minimum absolute atomic E-state index is 0.489. The number of benzene rings is 13. The van der Waals surface area contributed by atoms with Gasteiger partial charge in [0.25, 0.3) is 0 Å². The lowest BCUT2D eigenvalue weighted by Gasteiger charge is -2.39. The van der Waals surface area contributed by atoms with E-state index in [-0.39, 0.29) is 0 Å². The zero-order valence-corrected chi connectivity index (χ0v) is 49.7. The summed E-state index contributed by atoms with van der Waals surface area (Å²) in [6.07, 6.45) is 0. The Hall–Kier alpha value is -11.6. The highest BCUT2D eigenvalue weighted by atomic mass is 32.1. The third kappa shape index (κ3) is 7.65. The lowest BCUT2D eigenvalue weighted by atomic mass is 9.66. The van der Waals surface area contributed by atoms with Crippen molar-refractivity contribution in [1.29, 1.82) is 0 Å². The molecule has 4 heterocycles. The van der Waals surface area contributed by atoms with Crippen LogP contribution in [0.25, 0.3) is 110 Å². The van der Waals surface area contributed by atoms with E-state index in [9.17, 15) is 0 Å². The molecule has 0 N–H and O–H groups in total. The van der Waals surface area contributed by atoms with Crippen molar-refractivity contribution < 1.29 is 9.47 Å². The Morgan fingerprint density at radius 1 is 0.253 bits per heavy atom.